The number of carbonyl (C=O) groups is 2. The van der Waals surface area contributed by atoms with Crippen molar-refractivity contribution < 1.29 is 22.8 Å². The second kappa shape index (κ2) is 8.32. The first kappa shape index (κ1) is 22.5. The number of carbonyl (C=O) groups excluding carboxylic acids is 2. The van der Waals surface area contributed by atoms with E-state index in [-0.39, 0.29) is 16.4 Å². The van der Waals surface area contributed by atoms with E-state index in [9.17, 15) is 22.8 Å². The average Bonchev–Trinajstić information content (AvgIpc) is 3.21. The molecule has 5 nitrogen and oxygen atoms in total. The highest BCUT2D eigenvalue weighted by Crippen LogP contribution is 2.32. The van der Waals surface area contributed by atoms with Crippen LogP contribution in [-0.2, 0) is 15.8 Å². The van der Waals surface area contributed by atoms with Gasteiger partial charge in [0.15, 0.2) is 5.11 Å². The Morgan fingerprint density at radius 1 is 0.939 bits per heavy atom. The third-order valence-corrected chi connectivity index (χ3v) is 5.66. The maximum absolute atomic E-state index is 13.2. The van der Waals surface area contributed by atoms with Gasteiger partial charge >= 0.3 is 6.18 Å². The largest absolute Gasteiger partial charge is 0.416 e. The predicted molar refractivity (Wildman–Crippen MR) is 123 cm³/mol. The summed E-state index contributed by atoms with van der Waals surface area (Å²) < 4.78 is 41.3. The maximum atomic E-state index is 13.2. The van der Waals surface area contributed by atoms with E-state index in [1.54, 1.807) is 18.3 Å². The number of thiocarbonyl (C=S) groups is 1. The number of nitrogens with zero attached hydrogens (tertiary/aromatic N) is 2. The number of hydrogen-bond acceptors (Lipinski definition) is 3. The van der Waals surface area contributed by atoms with Gasteiger partial charge in [0.1, 0.15) is 5.57 Å². The van der Waals surface area contributed by atoms with Crippen LogP contribution in [0.25, 0.3) is 11.8 Å². The molecule has 2 heterocycles. The highest BCUT2D eigenvalue weighted by Gasteiger charge is 2.36. The zero-order valence-electron chi connectivity index (χ0n) is 17.6. The van der Waals surface area contributed by atoms with Crippen LogP contribution in [0.5, 0.6) is 0 Å². The molecule has 1 aliphatic heterocycles. The van der Waals surface area contributed by atoms with Gasteiger partial charge in [-0.2, -0.15) is 13.2 Å². The molecule has 0 atom stereocenters. The molecule has 33 heavy (non-hydrogen) atoms. The van der Waals surface area contributed by atoms with Gasteiger partial charge in [0, 0.05) is 17.6 Å². The smallest absolute Gasteiger partial charge is 0.317 e. The molecule has 1 aromatic heterocycles. The van der Waals surface area contributed by atoms with Crippen LogP contribution in [0.3, 0.4) is 0 Å². The van der Waals surface area contributed by atoms with Crippen molar-refractivity contribution in [1.82, 2.24) is 9.88 Å². The lowest BCUT2D eigenvalue weighted by atomic mass is 10.1. The van der Waals surface area contributed by atoms with Gasteiger partial charge in [-0.1, -0.05) is 12.1 Å². The molecule has 0 aliphatic carbocycles. The summed E-state index contributed by atoms with van der Waals surface area (Å²) >= 11 is 5.09. The van der Waals surface area contributed by atoms with Crippen LogP contribution < -0.4 is 10.2 Å². The molecule has 2 aromatic carbocycles. The number of alkyl halides is 3. The third-order valence-electron chi connectivity index (χ3n) is 5.37. The number of rotatable bonds is 3. The van der Waals surface area contributed by atoms with Gasteiger partial charge in [-0.25, -0.2) is 0 Å². The van der Waals surface area contributed by atoms with Crippen LogP contribution in [0, 0.1) is 13.8 Å². The van der Waals surface area contributed by atoms with Crippen LogP contribution in [0.4, 0.5) is 18.9 Å². The van der Waals surface area contributed by atoms with Gasteiger partial charge < -0.3 is 4.57 Å². The fourth-order valence-corrected chi connectivity index (χ4v) is 3.76. The molecule has 168 valence electrons. The fourth-order valence-electron chi connectivity index (χ4n) is 3.48. The van der Waals surface area contributed by atoms with Gasteiger partial charge in [-0.3, -0.25) is 19.8 Å². The van der Waals surface area contributed by atoms with Gasteiger partial charge in [-0.15, -0.1) is 0 Å². The normalized spacial score (nSPS) is 15.8. The van der Waals surface area contributed by atoms with Crippen LogP contribution in [0.15, 0.2) is 66.4 Å². The Balaban J connectivity index is 1.75. The molecule has 0 bridgehead atoms. The first-order valence-corrected chi connectivity index (χ1v) is 10.3. The summed E-state index contributed by atoms with van der Waals surface area (Å²) in [6, 6.07) is 13.6. The van der Waals surface area contributed by atoms with Crippen LogP contribution in [0.1, 0.15) is 22.4 Å². The van der Waals surface area contributed by atoms with Crippen molar-refractivity contribution in [3.8, 4) is 5.69 Å². The monoisotopic (exact) mass is 469 g/mol. The summed E-state index contributed by atoms with van der Waals surface area (Å²) in [5.74, 6) is -1.53. The number of aryl methyl sites for hydroxylation is 2. The van der Waals surface area contributed by atoms with Crippen molar-refractivity contribution in [2.24, 2.45) is 0 Å². The van der Waals surface area contributed by atoms with Crippen molar-refractivity contribution in [2.75, 3.05) is 4.90 Å². The minimum Gasteiger partial charge on any atom is -0.317 e. The first-order valence-electron chi connectivity index (χ1n) is 9.90. The average molecular weight is 469 g/mol. The molecule has 1 saturated heterocycles. The Kier molecular flexibility index (Phi) is 5.67. The number of hydrogen-bond donors (Lipinski definition) is 1. The zero-order chi connectivity index (χ0) is 23.9. The molecule has 1 fully saturated rings. The fraction of sp³-hybridized carbons (Fsp3) is 0.125. The minimum absolute atomic E-state index is 0.0877. The van der Waals surface area contributed by atoms with Crippen LogP contribution in [0.2, 0.25) is 0 Å². The number of aromatic nitrogens is 1. The predicted octanol–water partition coefficient (Wildman–Crippen LogP) is 4.94. The van der Waals surface area contributed by atoms with E-state index >= 15 is 0 Å². The second-order valence-electron chi connectivity index (χ2n) is 7.58. The van der Waals surface area contributed by atoms with E-state index in [4.69, 9.17) is 12.2 Å². The molecule has 0 radical (unpaired) electrons. The Bertz CT molecular complexity index is 1320. The Morgan fingerprint density at radius 2 is 1.70 bits per heavy atom. The number of halogens is 3. The van der Waals surface area contributed by atoms with E-state index in [1.807, 2.05) is 36.6 Å². The Morgan fingerprint density at radius 3 is 2.39 bits per heavy atom. The molecular formula is C24H18F3N3O2S. The molecule has 0 saturated carbocycles. The third kappa shape index (κ3) is 4.31. The van der Waals surface area contributed by atoms with Crippen molar-refractivity contribution in [3.63, 3.8) is 0 Å². The highest BCUT2D eigenvalue weighted by molar-refractivity contribution is 7.80. The lowest BCUT2D eigenvalue weighted by Gasteiger charge is -2.29. The number of anilines is 1. The van der Waals surface area contributed by atoms with E-state index in [2.05, 4.69) is 5.32 Å². The van der Waals surface area contributed by atoms with E-state index < -0.39 is 23.6 Å². The van der Waals surface area contributed by atoms with Crippen molar-refractivity contribution in [1.29, 1.82) is 0 Å². The molecule has 0 spiro atoms. The molecule has 4 rings (SSSR count). The first-order chi connectivity index (χ1) is 15.6. The SMILES string of the molecule is Cc1ccc(-n2cccc2/C=C2\C(=O)NC(=S)N(c3cccc(C(F)(F)F)c3)C2=O)cc1C. The lowest BCUT2D eigenvalue weighted by molar-refractivity contribution is -0.137. The van der Waals surface area contributed by atoms with Crippen LogP contribution in [-0.4, -0.2) is 21.5 Å². The van der Waals surface area contributed by atoms with E-state index in [1.165, 1.54) is 18.2 Å². The maximum Gasteiger partial charge on any atom is 0.416 e. The second-order valence-corrected chi connectivity index (χ2v) is 7.96. The molecule has 1 N–H and O–H groups in total. The molecule has 3 aromatic rings. The standard InChI is InChI=1S/C24H18F3N3O2S/c1-14-8-9-18(11-15(14)2)29-10-4-7-17(29)13-20-21(31)28-23(33)30(22(20)32)19-6-3-5-16(12-19)24(25,26)27/h3-13H,1-2H3,(H,28,31,33)/b20-13+. The van der Waals surface area contributed by atoms with Gasteiger partial charge in [0.2, 0.25) is 0 Å². The lowest BCUT2D eigenvalue weighted by Crippen LogP contribution is -2.54. The molecule has 0 unspecified atom stereocenters. The van der Waals surface area contributed by atoms with Crippen LogP contribution >= 0.6 is 12.2 Å². The van der Waals surface area contributed by atoms with Crippen molar-refractivity contribution in [2.45, 2.75) is 20.0 Å². The summed E-state index contributed by atoms with van der Waals surface area (Å²) in [5.41, 5.74) is 2.32. The Labute approximate surface area is 193 Å². The summed E-state index contributed by atoms with van der Waals surface area (Å²) in [6.07, 6.45) is -1.41. The zero-order valence-corrected chi connectivity index (χ0v) is 18.4. The minimum atomic E-state index is -4.59. The van der Waals surface area contributed by atoms with Gasteiger partial charge in [0.05, 0.1) is 11.3 Å². The molecular weight excluding hydrogens is 451 g/mol. The summed E-state index contributed by atoms with van der Waals surface area (Å²) in [5, 5.41) is 2.11. The Hall–Kier alpha value is -3.72. The van der Waals surface area contributed by atoms with E-state index in [0.717, 1.165) is 33.8 Å². The number of nitrogens with one attached hydrogen (secondary N) is 1. The summed E-state index contributed by atoms with van der Waals surface area (Å²) in [6.45, 7) is 3.97. The summed E-state index contributed by atoms with van der Waals surface area (Å²) in [7, 11) is 0. The molecule has 1 aliphatic rings. The topological polar surface area (TPSA) is 54.3 Å². The van der Waals surface area contributed by atoms with Crippen molar-refractivity contribution in [3.05, 3.63) is 88.8 Å². The number of amides is 2. The quantitative estimate of drug-likeness (QED) is 0.336. The van der Waals surface area contributed by atoms with Crippen molar-refractivity contribution >= 4 is 40.9 Å². The molecule has 9 heteroatoms. The van der Waals surface area contributed by atoms with E-state index in [0.29, 0.717) is 5.69 Å². The van der Waals surface area contributed by atoms with Gasteiger partial charge in [0.25, 0.3) is 11.8 Å². The highest BCUT2D eigenvalue weighted by atomic mass is 32.1. The van der Waals surface area contributed by atoms with Gasteiger partial charge in [-0.05, 0) is 85.7 Å². The summed E-state index contributed by atoms with van der Waals surface area (Å²) in [4.78, 5) is 26.7. The molecule has 2 amide bonds. The number of benzene rings is 2.